The second-order valence-corrected chi connectivity index (χ2v) is 7.69. The lowest BCUT2D eigenvalue weighted by Crippen LogP contribution is -2.21. The van der Waals surface area contributed by atoms with Crippen molar-refractivity contribution in [2.24, 2.45) is 0 Å². The number of rotatable bonds is 4. The van der Waals surface area contributed by atoms with Gasteiger partial charge in [0.15, 0.2) is 11.5 Å². The van der Waals surface area contributed by atoms with E-state index < -0.39 is 40.1 Å². The van der Waals surface area contributed by atoms with E-state index in [0.29, 0.717) is 10.9 Å². The van der Waals surface area contributed by atoms with Gasteiger partial charge in [0.05, 0.1) is 52.1 Å². The topological polar surface area (TPSA) is 123 Å². The first-order chi connectivity index (χ1) is 17.1. The zero-order valence-electron chi connectivity index (χ0n) is 17.6. The summed E-state index contributed by atoms with van der Waals surface area (Å²) in [5.41, 5.74) is -3.38. The van der Waals surface area contributed by atoms with Gasteiger partial charge in [0.2, 0.25) is 0 Å². The van der Waals surface area contributed by atoms with Crippen molar-refractivity contribution in [3.8, 4) is 11.5 Å². The highest BCUT2D eigenvalue weighted by Crippen LogP contribution is 2.35. The van der Waals surface area contributed by atoms with Gasteiger partial charge in [-0.05, 0) is 12.1 Å². The van der Waals surface area contributed by atoms with Crippen LogP contribution in [0.4, 0.5) is 23.2 Å². The summed E-state index contributed by atoms with van der Waals surface area (Å²) in [5, 5.41) is 13.2. The number of hydrogen-bond donors (Lipinski definition) is 2. The first-order valence-corrected chi connectivity index (χ1v) is 10.3. The molecule has 1 aromatic carbocycles. The third-order valence-corrected chi connectivity index (χ3v) is 5.33. The molecular weight excluding hydrogens is 508 g/mol. The highest BCUT2D eigenvalue weighted by molar-refractivity contribution is 6.32. The summed E-state index contributed by atoms with van der Waals surface area (Å²) in [6.45, 7) is 0. The zero-order valence-corrected chi connectivity index (χ0v) is 18.3. The number of aromatic nitrogens is 7. The van der Waals surface area contributed by atoms with E-state index in [9.17, 15) is 27.2 Å². The van der Waals surface area contributed by atoms with Crippen molar-refractivity contribution in [1.29, 1.82) is 0 Å². The molecule has 0 unspecified atom stereocenters. The second-order valence-electron chi connectivity index (χ2n) is 7.28. The van der Waals surface area contributed by atoms with Crippen molar-refractivity contribution in [1.82, 2.24) is 34.7 Å². The predicted molar refractivity (Wildman–Crippen MR) is 119 cm³/mol. The number of carbonyl (C=O) groups is 1. The van der Waals surface area contributed by atoms with Crippen LogP contribution in [0, 0.1) is 5.82 Å². The molecule has 0 saturated heterocycles. The Morgan fingerprint density at radius 1 is 1.11 bits per heavy atom. The van der Waals surface area contributed by atoms with E-state index >= 15 is 0 Å². The first-order valence-electron chi connectivity index (χ1n) is 9.94. The van der Waals surface area contributed by atoms with Crippen molar-refractivity contribution in [2.45, 2.75) is 6.18 Å². The van der Waals surface area contributed by atoms with Gasteiger partial charge in [0, 0.05) is 11.6 Å². The summed E-state index contributed by atoms with van der Waals surface area (Å²) in [5.74, 6) is -1.94. The van der Waals surface area contributed by atoms with E-state index in [1.165, 1.54) is 36.8 Å². The quantitative estimate of drug-likeness (QED) is 0.349. The van der Waals surface area contributed by atoms with Crippen LogP contribution in [0.2, 0.25) is 5.02 Å². The Bertz CT molecular complexity index is 1680. The molecule has 0 atom stereocenters. The molecule has 15 heteroatoms. The number of carbonyl (C=O) groups excluding carboxylic acids is 1. The molecule has 0 fully saturated rings. The minimum absolute atomic E-state index is 0.00153. The number of aromatic amines is 1. The molecule has 4 aromatic heterocycles. The summed E-state index contributed by atoms with van der Waals surface area (Å²) >= 11 is 6.15. The maximum Gasteiger partial charge on any atom is 0.434 e. The zero-order chi connectivity index (χ0) is 25.6. The van der Waals surface area contributed by atoms with Crippen LogP contribution in [0.5, 0.6) is 0 Å². The molecule has 1 amide bonds. The number of anilines is 1. The molecule has 36 heavy (non-hydrogen) atoms. The minimum atomic E-state index is -5.05. The van der Waals surface area contributed by atoms with E-state index in [-0.39, 0.29) is 27.6 Å². The van der Waals surface area contributed by atoms with Gasteiger partial charge in [-0.2, -0.15) is 28.5 Å². The SMILES string of the molecule is O=C(Nc1cnc(-n2nccn2)c(Cl)c1)c1cnn(-c2c[nH]c(=O)c3c(F)cccc23)c1C(F)(F)F. The average molecular weight is 519 g/mol. The first kappa shape index (κ1) is 23.2. The fourth-order valence-corrected chi connectivity index (χ4v) is 3.81. The molecule has 10 nitrogen and oxygen atoms in total. The van der Waals surface area contributed by atoms with Crippen LogP contribution in [0.25, 0.3) is 22.3 Å². The van der Waals surface area contributed by atoms with Crippen molar-refractivity contribution in [3.05, 3.63) is 87.7 Å². The fourth-order valence-electron chi connectivity index (χ4n) is 3.57. The Morgan fingerprint density at radius 2 is 1.86 bits per heavy atom. The number of hydrogen-bond acceptors (Lipinski definition) is 6. The van der Waals surface area contributed by atoms with Gasteiger partial charge in [-0.15, -0.1) is 4.80 Å². The molecule has 5 aromatic rings. The van der Waals surface area contributed by atoms with Crippen molar-refractivity contribution >= 4 is 34.0 Å². The van der Waals surface area contributed by atoms with Crippen LogP contribution < -0.4 is 10.9 Å². The third-order valence-electron chi connectivity index (χ3n) is 5.05. The molecule has 4 heterocycles. The Labute approximate surface area is 202 Å². The predicted octanol–water partition coefficient (Wildman–Crippen LogP) is 3.75. The molecule has 5 rings (SSSR count). The van der Waals surface area contributed by atoms with Crippen molar-refractivity contribution < 1.29 is 22.4 Å². The van der Waals surface area contributed by atoms with E-state index in [1.54, 1.807) is 0 Å². The summed E-state index contributed by atoms with van der Waals surface area (Å²) < 4.78 is 57.0. The molecule has 0 saturated carbocycles. The minimum Gasteiger partial charge on any atom is -0.326 e. The summed E-state index contributed by atoms with van der Waals surface area (Å²) in [6.07, 6.45) is 0.571. The van der Waals surface area contributed by atoms with E-state index in [2.05, 4.69) is 30.6 Å². The van der Waals surface area contributed by atoms with Crippen LogP contribution in [0.3, 0.4) is 0 Å². The Hall–Kier alpha value is -4.59. The van der Waals surface area contributed by atoms with Crippen LogP contribution in [-0.4, -0.2) is 40.6 Å². The number of benzene rings is 1. The summed E-state index contributed by atoms with van der Waals surface area (Å²) in [7, 11) is 0. The van der Waals surface area contributed by atoms with Gasteiger partial charge < -0.3 is 10.3 Å². The van der Waals surface area contributed by atoms with Gasteiger partial charge in [-0.3, -0.25) is 9.59 Å². The van der Waals surface area contributed by atoms with Gasteiger partial charge in [-0.1, -0.05) is 23.7 Å². The number of pyridine rings is 2. The Morgan fingerprint density at radius 3 is 2.56 bits per heavy atom. The number of amides is 1. The number of fused-ring (bicyclic) bond motifs is 1. The van der Waals surface area contributed by atoms with Gasteiger partial charge in [-0.25, -0.2) is 14.1 Å². The number of alkyl halides is 3. The van der Waals surface area contributed by atoms with E-state index in [4.69, 9.17) is 11.6 Å². The molecule has 2 N–H and O–H groups in total. The Kier molecular flexibility index (Phi) is 5.51. The maximum absolute atomic E-state index is 14.2. The van der Waals surface area contributed by atoms with Gasteiger partial charge >= 0.3 is 6.18 Å². The maximum atomic E-state index is 14.2. The lowest BCUT2D eigenvalue weighted by Gasteiger charge is -2.14. The van der Waals surface area contributed by atoms with E-state index in [0.717, 1.165) is 17.1 Å². The van der Waals surface area contributed by atoms with Crippen molar-refractivity contribution in [2.75, 3.05) is 5.32 Å². The second kappa shape index (κ2) is 8.57. The fraction of sp³-hybridized carbons (Fsp3) is 0.0476. The molecule has 182 valence electrons. The molecule has 0 aliphatic carbocycles. The molecule has 0 aliphatic rings. The average Bonchev–Trinajstić information content (AvgIpc) is 3.50. The van der Waals surface area contributed by atoms with Crippen LogP contribution in [0.1, 0.15) is 16.1 Å². The lowest BCUT2D eigenvalue weighted by molar-refractivity contribution is -0.143. The summed E-state index contributed by atoms with van der Waals surface area (Å²) in [6, 6.07) is 4.78. The summed E-state index contributed by atoms with van der Waals surface area (Å²) in [4.78, 5) is 32.3. The lowest BCUT2D eigenvalue weighted by atomic mass is 10.1. The van der Waals surface area contributed by atoms with Crippen LogP contribution in [-0.2, 0) is 6.18 Å². The van der Waals surface area contributed by atoms with Gasteiger partial charge in [0.1, 0.15) is 5.82 Å². The normalized spacial score (nSPS) is 11.7. The highest BCUT2D eigenvalue weighted by atomic mass is 35.5. The van der Waals surface area contributed by atoms with E-state index in [1.807, 2.05) is 0 Å². The molecule has 0 aliphatic heterocycles. The molecule has 0 spiro atoms. The number of nitrogens with zero attached hydrogens (tertiary/aromatic N) is 6. The third kappa shape index (κ3) is 3.96. The highest BCUT2D eigenvalue weighted by Gasteiger charge is 2.41. The number of H-pyrrole nitrogens is 1. The molecule has 0 radical (unpaired) electrons. The van der Waals surface area contributed by atoms with Crippen LogP contribution >= 0.6 is 11.6 Å². The largest absolute Gasteiger partial charge is 0.434 e. The smallest absolute Gasteiger partial charge is 0.326 e. The van der Waals surface area contributed by atoms with Crippen molar-refractivity contribution in [3.63, 3.8) is 0 Å². The monoisotopic (exact) mass is 518 g/mol. The number of nitrogens with one attached hydrogen (secondary N) is 2. The standard InChI is InChI=1S/C21H11ClF4N8O2/c22-13-6-10(7-27-18(13)34-29-4-5-30-34)32-19(35)12-8-31-33(17(12)21(24,25)26)15-9-28-20(36)16-11(15)2-1-3-14(16)23/h1-9H,(H,28,36)(H,32,35). The molecule has 0 bridgehead atoms. The Balaban J connectivity index is 1.56. The molecular formula is C21H11ClF4N8O2. The van der Waals surface area contributed by atoms with Gasteiger partial charge in [0.25, 0.3) is 11.5 Å². The van der Waals surface area contributed by atoms with Crippen LogP contribution in [0.15, 0.2) is 60.0 Å². The number of halogens is 5.